The average molecular weight is 728 g/mol. The van der Waals surface area contributed by atoms with E-state index >= 15 is 0 Å². The van der Waals surface area contributed by atoms with Crippen LogP contribution in [-0.4, -0.2) is 179 Å². The van der Waals surface area contributed by atoms with Crippen LogP contribution in [0.5, 0.6) is 0 Å². The van der Waals surface area contributed by atoms with E-state index in [1.54, 1.807) is 0 Å². The fraction of sp³-hybridized carbons (Fsp3) is 0.963. The molecule has 19 atom stereocenters. The Labute approximate surface area is 285 Å². The minimum Gasteiger partial charge on any atom is -0.394 e. The summed E-state index contributed by atoms with van der Waals surface area (Å²) < 4.78 is 49.6. The predicted molar refractivity (Wildman–Crippen MR) is 164 cm³/mol. The van der Waals surface area contributed by atoms with E-state index in [0.717, 1.165) is 0 Å². The molecular weight excluding hydrogens is 677 g/mol. The van der Waals surface area contributed by atoms with Crippen LogP contribution in [0, 0.1) is 0 Å². The molecule has 3 saturated heterocycles. The van der Waals surface area contributed by atoms with Gasteiger partial charge in [0.2, 0.25) is 0 Å². The van der Waals surface area contributed by atoms with Gasteiger partial charge in [0.1, 0.15) is 61.1 Å². The minimum absolute atomic E-state index is 0.167. The van der Waals surface area contributed by atoms with Gasteiger partial charge in [-0.1, -0.05) is 5.11 Å². The van der Waals surface area contributed by atoms with E-state index in [-0.39, 0.29) is 19.5 Å². The number of halogens is 1. The van der Waals surface area contributed by atoms with E-state index in [2.05, 4.69) is 15.3 Å². The molecule has 3 aliphatic heterocycles. The molecule has 1 saturated carbocycles. The number of ether oxygens (including phenoxy) is 6. The van der Waals surface area contributed by atoms with Crippen LogP contribution in [-0.2, 0) is 33.2 Å². The number of alkyl halides is 1. The van der Waals surface area contributed by atoms with E-state index in [9.17, 15) is 39.8 Å². The third-order valence-electron chi connectivity index (χ3n) is 9.37. The standard InChI is InChI=1S/C27H50FN9O13/c28-9(6-35-37-34)16(39)24(44)36-12-3-11(32)21(48-25-10(31)2-1-8(4-29)45-25)23(17(12)40)50-27-20(43)22(14(7-38)47-27)49-26-15(33)19(42)18(41)13(5-30)46-26/h8-23,25-27,38-43H,1-7,29-33H2,(H,36,44)/t8-,9+,10+,11-,12+,13-,14+,15+,16-,17-,18+,19+,20+,21+,22+,23+,25+,26+,27-/m0/s1. The lowest BCUT2D eigenvalue weighted by atomic mass is 9.83. The quantitative estimate of drug-likeness (QED) is 0.0449. The first-order valence-corrected chi connectivity index (χ1v) is 16.3. The highest BCUT2D eigenvalue weighted by Crippen LogP contribution is 2.34. The number of aliphatic hydroxyl groups is 6. The van der Waals surface area contributed by atoms with Crippen LogP contribution in [0.4, 0.5) is 4.39 Å². The number of amides is 1. The van der Waals surface area contributed by atoms with Gasteiger partial charge >= 0.3 is 0 Å². The summed E-state index contributed by atoms with van der Waals surface area (Å²) in [6, 6.07) is -4.26. The molecule has 0 aromatic heterocycles. The van der Waals surface area contributed by atoms with Crippen LogP contribution in [0.25, 0.3) is 10.4 Å². The highest BCUT2D eigenvalue weighted by Gasteiger charge is 2.54. The van der Waals surface area contributed by atoms with Gasteiger partial charge in [-0.3, -0.25) is 4.79 Å². The molecule has 4 rings (SSSR count). The number of nitrogens with one attached hydrogen (secondary N) is 1. The third-order valence-corrected chi connectivity index (χ3v) is 9.37. The Balaban J connectivity index is 1.55. The summed E-state index contributed by atoms with van der Waals surface area (Å²) in [5.74, 6) is -1.25. The molecule has 1 aliphatic carbocycles. The number of hydrogen-bond acceptors (Lipinski definition) is 19. The van der Waals surface area contributed by atoms with Crippen molar-refractivity contribution in [1.29, 1.82) is 0 Å². The normalized spacial score (nSPS) is 45.0. The lowest BCUT2D eigenvalue weighted by molar-refractivity contribution is -0.289. The second-order valence-corrected chi connectivity index (χ2v) is 12.8. The predicted octanol–water partition coefficient (Wildman–Crippen LogP) is -6.67. The van der Waals surface area contributed by atoms with Crippen LogP contribution in [0.2, 0.25) is 0 Å². The number of nitrogens with two attached hydrogens (primary N) is 5. The van der Waals surface area contributed by atoms with Crippen LogP contribution in [0.1, 0.15) is 19.3 Å². The van der Waals surface area contributed by atoms with Gasteiger partial charge in [0, 0.05) is 24.0 Å². The molecule has 0 radical (unpaired) electrons. The summed E-state index contributed by atoms with van der Waals surface area (Å²) in [7, 11) is 0. The number of hydrogen-bond donors (Lipinski definition) is 12. The van der Waals surface area contributed by atoms with E-state index in [4.69, 9.17) is 62.6 Å². The van der Waals surface area contributed by atoms with Crippen LogP contribution in [0.3, 0.4) is 0 Å². The molecule has 22 nitrogen and oxygen atoms in total. The molecule has 50 heavy (non-hydrogen) atoms. The zero-order valence-electron chi connectivity index (χ0n) is 27.1. The average Bonchev–Trinajstić information content (AvgIpc) is 3.40. The number of carbonyl (C=O) groups is 1. The summed E-state index contributed by atoms with van der Waals surface area (Å²) in [6.07, 6.45) is -21.1. The van der Waals surface area contributed by atoms with Gasteiger partial charge in [0.05, 0.1) is 37.4 Å². The molecular formula is C27H50FN9O13. The summed E-state index contributed by atoms with van der Waals surface area (Å²) in [5.41, 5.74) is 38.6. The van der Waals surface area contributed by atoms with Gasteiger partial charge in [-0.2, -0.15) is 0 Å². The number of rotatable bonds is 14. The fourth-order valence-electron chi connectivity index (χ4n) is 6.41. The number of carbonyl (C=O) groups excluding carboxylic acids is 1. The lowest BCUT2D eigenvalue weighted by Gasteiger charge is -2.46. The van der Waals surface area contributed by atoms with E-state index < -0.39 is 135 Å². The largest absolute Gasteiger partial charge is 0.394 e. The second-order valence-electron chi connectivity index (χ2n) is 12.8. The Morgan fingerprint density at radius 2 is 1.54 bits per heavy atom. The van der Waals surface area contributed by atoms with Crippen LogP contribution in [0.15, 0.2) is 5.11 Å². The van der Waals surface area contributed by atoms with Gasteiger partial charge in [-0.15, -0.1) is 0 Å². The molecule has 288 valence electrons. The summed E-state index contributed by atoms with van der Waals surface area (Å²) >= 11 is 0. The SMILES string of the molecule is [N-]=[N+]=NC[C@@H](F)[C@H](O)C(=O)N[C@@H]1C[C@H](N)[C@@H](O[C@H]2O[C@H](CN)CC[C@H]2N)[C@H](O[C@@H]2O[C@H](CO)[C@@H](O[C@H]3O[C@@H](CN)[C@@H](O)[C@H](O)[C@H]3N)[C@H]2O)[C@H]1O. The zero-order chi connectivity index (χ0) is 36.9. The zero-order valence-corrected chi connectivity index (χ0v) is 27.1. The highest BCUT2D eigenvalue weighted by molar-refractivity contribution is 5.81. The monoisotopic (exact) mass is 727 g/mol. The fourth-order valence-corrected chi connectivity index (χ4v) is 6.41. The van der Waals surface area contributed by atoms with E-state index in [1.165, 1.54) is 0 Å². The smallest absolute Gasteiger partial charge is 0.252 e. The minimum atomic E-state index is -2.27. The summed E-state index contributed by atoms with van der Waals surface area (Å²) in [4.78, 5) is 15.1. The molecule has 0 aromatic rings. The van der Waals surface area contributed by atoms with Crippen molar-refractivity contribution >= 4 is 5.91 Å². The molecule has 0 unspecified atom stereocenters. The number of nitrogens with zero attached hydrogens (tertiary/aromatic N) is 3. The maximum atomic E-state index is 14.3. The van der Waals surface area contributed by atoms with Crippen molar-refractivity contribution in [3.05, 3.63) is 10.4 Å². The molecule has 17 N–H and O–H groups in total. The lowest BCUT2D eigenvalue weighted by Crippen LogP contribution is -2.67. The number of azide groups is 1. The van der Waals surface area contributed by atoms with Gasteiger partial charge in [-0.05, 0) is 24.8 Å². The van der Waals surface area contributed by atoms with Crippen LogP contribution >= 0.6 is 0 Å². The molecule has 0 aromatic carbocycles. The van der Waals surface area contributed by atoms with Gasteiger partial charge in [0.15, 0.2) is 25.0 Å². The molecule has 0 spiro atoms. The maximum Gasteiger partial charge on any atom is 0.252 e. The Hall–Kier alpha value is -1.97. The summed E-state index contributed by atoms with van der Waals surface area (Å²) in [6.45, 7) is -1.59. The Morgan fingerprint density at radius 1 is 0.880 bits per heavy atom. The first-order chi connectivity index (χ1) is 23.8. The van der Waals surface area contributed by atoms with E-state index in [1.807, 2.05) is 0 Å². The topological polar surface area (TPSA) is 385 Å². The maximum absolute atomic E-state index is 14.3. The molecule has 4 fully saturated rings. The Bertz CT molecular complexity index is 1150. The van der Waals surface area contributed by atoms with Gasteiger partial charge in [0.25, 0.3) is 5.91 Å². The van der Waals surface area contributed by atoms with Crippen molar-refractivity contribution in [2.45, 2.75) is 136 Å². The molecule has 3 heterocycles. The van der Waals surface area contributed by atoms with Gasteiger partial charge in [-0.25, -0.2) is 4.39 Å². The summed E-state index contributed by atoms with van der Waals surface area (Å²) in [5, 5.41) is 69.0. The molecule has 23 heteroatoms. The third kappa shape index (κ3) is 9.14. The van der Waals surface area contributed by atoms with Crippen molar-refractivity contribution in [3.8, 4) is 0 Å². The Morgan fingerprint density at radius 3 is 2.18 bits per heavy atom. The first kappa shape index (κ1) is 40.8. The molecule has 4 aliphatic rings. The van der Waals surface area contributed by atoms with Crippen LogP contribution < -0.4 is 34.0 Å². The Kier molecular flexibility index (Phi) is 14.8. The van der Waals surface area contributed by atoms with Crippen molar-refractivity contribution in [3.63, 3.8) is 0 Å². The first-order valence-electron chi connectivity index (χ1n) is 16.3. The highest BCUT2D eigenvalue weighted by atomic mass is 19.1. The molecule has 1 amide bonds. The van der Waals surface area contributed by atoms with Gasteiger partial charge < -0.3 is 93.0 Å². The van der Waals surface area contributed by atoms with Crippen molar-refractivity contribution < 1.29 is 68.2 Å². The molecule has 0 bridgehead atoms. The van der Waals surface area contributed by atoms with Crippen molar-refractivity contribution in [2.24, 2.45) is 33.8 Å². The van der Waals surface area contributed by atoms with Crippen molar-refractivity contribution in [1.82, 2.24) is 5.32 Å². The number of aliphatic hydroxyl groups excluding tert-OH is 6. The second kappa shape index (κ2) is 18.2. The van der Waals surface area contributed by atoms with Crippen molar-refractivity contribution in [2.75, 3.05) is 26.2 Å². The van der Waals surface area contributed by atoms with E-state index in [0.29, 0.717) is 12.8 Å².